The fraction of sp³-hybridized carbons (Fsp3) is 0.704. The van der Waals surface area contributed by atoms with E-state index in [0.717, 1.165) is 19.3 Å². The lowest BCUT2D eigenvalue weighted by Crippen LogP contribution is -2.56. The van der Waals surface area contributed by atoms with Crippen molar-refractivity contribution >= 4 is 23.9 Å². The molecular weight excluding hydrogens is 478 g/mol. The molecule has 0 aromatic carbocycles. The van der Waals surface area contributed by atoms with Crippen LogP contribution in [0, 0.1) is 5.92 Å². The molecule has 0 spiro atoms. The number of allylic oxidation sites excluding steroid dienone is 1. The quantitative estimate of drug-likeness (QED) is 0.193. The van der Waals surface area contributed by atoms with Gasteiger partial charge in [-0.15, -0.1) is 13.2 Å². The van der Waals surface area contributed by atoms with E-state index in [2.05, 4.69) is 23.8 Å². The summed E-state index contributed by atoms with van der Waals surface area (Å²) in [6, 6.07) is -1.93. The number of carbonyl (C=O) groups excluding carboxylic acids is 4. The Morgan fingerprint density at radius 1 is 1.19 bits per heavy atom. The van der Waals surface area contributed by atoms with Gasteiger partial charge < -0.3 is 30.1 Å². The van der Waals surface area contributed by atoms with E-state index in [1.807, 2.05) is 6.08 Å². The highest BCUT2D eigenvalue weighted by molar-refractivity contribution is 5.96. The Morgan fingerprint density at radius 3 is 2.46 bits per heavy atom. The van der Waals surface area contributed by atoms with Gasteiger partial charge in [0.05, 0.1) is 12.7 Å². The smallest absolute Gasteiger partial charge is 0.408 e. The molecule has 5 atom stereocenters. The van der Waals surface area contributed by atoms with Crippen molar-refractivity contribution < 1.29 is 33.8 Å². The van der Waals surface area contributed by atoms with E-state index in [4.69, 9.17) is 9.47 Å². The number of esters is 1. The Kier molecular flexibility index (Phi) is 10.7. The first-order valence-electron chi connectivity index (χ1n) is 13.1. The van der Waals surface area contributed by atoms with Gasteiger partial charge in [0, 0.05) is 18.9 Å². The molecule has 1 heterocycles. The van der Waals surface area contributed by atoms with E-state index in [0.29, 0.717) is 19.3 Å². The van der Waals surface area contributed by atoms with Gasteiger partial charge in [0.15, 0.2) is 0 Å². The van der Waals surface area contributed by atoms with E-state index in [9.17, 15) is 24.3 Å². The van der Waals surface area contributed by atoms with Gasteiger partial charge >= 0.3 is 12.1 Å². The van der Waals surface area contributed by atoms with Crippen LogP contribution in [-0.2, 0) is 23.9 Å². The predicted octanol–water partition coefficient (Wildman–Crippen LogP) is 2.60. The van der Waals surface area contributed by atoms with E-state index in [1.54, 1.807) is 33.8 Å². The molecule has 1 aliphatic heterocycles. The number of nitrogens with one attached hydrogen (secondary N) is 2. The van der Waals surface area contributed by atoms with E-state index in [-0.39, 0.29) is 25.5 Å². The SMILES string of the molecule is C=CCCCCC[C@H](NC(=O)OC(C)(C)C)C(=O)N1C[C@H](O)C[C@H]1C(=O)NC1(C(=O)OCC)C[C@H]1C=C. The summed E-state index contributed by atoms with van der Waals surface area (Å²) in [5, 5.41) is 15.8. The van der Waals surface area contributed by atoms with Gasteiger partial charge in [-0.3, -0.25) is 9.59 Å². The number of rotatable bonds is 13. The number of β-amino-alcohol motifs (C(OH)–C–C–N with tert-alkyl or cyclic N) is 1. The van der Waals surface area contributed by atoms with Crippen LogP contribution >= 0.6 is 0 Å². The third-order valence-corrected chi connectivity index (χ3v) is 6.54. The molecule has 1 unspecified atom stereocenters. The number of hydrogen-bond donors (Lipinski definition) is 3. The van der Waals surface area contributed by atoms with E-state index < -0.39 is 53.2 Å². The third-order valence-electron chi connectivity index (χ3n) is 6.54. The van der Waals surface area contributed by atoms with E-state index >= 15 is 0 Å². The molecule has 10 nitrogen and oxygen atoms in total. The highest BCUT2D eigenvalue weighted by atomic mass is 16.6. The normalized spacial score (nSPS) is 25.5. The molecule has 0 radical (unpaired) electrons. The Morgan fingerprint density at radius 2 is 1.89 bits per heavy atom. The maximum absolute atomic E-state index is 13.6. The third kappa shape index (κ3) is 8.31. The molecule has 0 aromatic rings. The lowest BCUT2D eigenvalue weighted by atomic mass is 10.0. The van der Waals surface area contributed by atoms with Crippen LogP contribution in [0.3, 0.4) is 0 Å². The van der Waals surface area contributed by atoms with Crippen LogP contribution in [0.1, 0.15) is 72.6 Å². The second kappa shape index (κ2) is 13.1. The van der Waals surface area contributed by atoms with Gasteiger partial charge in [0.1, 0.15) is 23.2 Å². The molecule has 2 aliphatic rings. The number of alkyl carbamates (subject to hydrolysis) is 1. The van der Waals surface area contributed by atoms with Crippen molar-refractivity contribution in [2.24, 2.45) is 5.92 Å². The zero-order valence-electron chi connectivity index (χ0n) is 22.6. The molecule has 3 amide bonds. The van der Waals surface area contributed by atoms with Crippen LogP contribution in [-0.4, -0.2) is 76.4 Å². The number of amides is 3. The number of aliphatic hydroxyl groups is 1. The van der Waals surface area contributed by atoms with Crippen molar-refractivity contribution in [3.8, 4) is 0 Å². The summed E-state index contributed by atoms with van der Waals surface area (Å²) in [6.45, 7) is 14.4. The number of aliphatic hydroxyl groups excluding tert-OH is 1. The zero-order chi connectivity index (χ0) is 27.8. The number of hydrogen-bond acceptors (Lipinski definition) is 7. The molecule has 2 fully saturated rings. The van der Waals surface area contributed by atoms with Gasteiger partial charge in [0.2, 0.25) is 11.8 Å². The summed E-state index contributed by atoms with van der Waals surface area (Å²) in [4.78, 5) is 53.3. The fourth-order valence-electron chi connectivity index (χ4n) is 4.59. The second-order valence-corrected chi connectivity index (χ2v) is 10.7. The first-order valence-corrected chi connectivity index (χ1v) is 13.1. The average Bonchev–Trinajstić information content (AvgIpc) is 3.39. The lowest BCUT2D eigenvalue weighted by Gasteiger charge is -2.30. The molecule has 10 heteroatoms. The van der Waals surface area contributed by atoms with Gasteiger partial charge in [-0.25, -0.2) is 9.59 Å². The first kappa shape index (κ1) is 30.3. The molecule has 0 bridgehead atoms. The number of unbranched alkanes of at least 4 members (excludes halogenated alkanes) is 3. The summed E-state index contributed by atoms with van der Waals surface area (Å²) in [5.41, 5.74) is -1.96. The van der Waals surface area contributed by atoms with Crippen LogP contribution < -0.4 is 10.6 Å². The Labute approximate surface area is 219 Å². The molecule has 3 N–H and O–H groups in total. The average molecular weight is 522 g/mol. The molecule has 37 heavy (non-hydrogen) atoms. The van der Waals surface area contributed by atoms with Crippen molar-refractivity contribution in [2.45, 2.75) is 102 Å². The fourth-order valence-corrected chi connectivity index (χ4v) is 4.59. The van der Waals surface area contributed by atoms with Gasteiger partial charge in [-0.1, -0.05) is 25.0 Å². The maximum atomic E-state index is 13.6. The van der Waals surface area contributed by atoms with Crippen LogP contribution in [0.15, 0.2) is 25.3 Å². The summed E-state index contributed by atoms with van der Waals surface area (Å²) in [6.07, 6.45) is 5.77. The topological polar surface area (TPSA) is 134 Å². The molecular formula is C27H43N3O7. The van der Waals surface area contributed by atoms with Crippen molar-refractivity contribution in [1.29, 1.82) is 0 Å². The monoisotopic (exact) mass is 521 g/mol. The Hall–Kier alpha value is -2.88. The highest BCUT2D eigenvalue weighted by Gasteiger charge is 2.62. The minimum atomic E-state index is -1.21. The molecule has 0 aromatic heterocycles. The Balaban J connectivity index is 2.17. The van der Waals surface area contributed by atoms with E-state index in [1.165, 1.54) is 4.90 Å². The van der Waals surface area contributed by atoms with Crippen molar-refractivity contribution in [2.75, 3.05) is 13.2 Å². The minimum Gasteiger partial charge on any atom is -0.464 e. The molecule has 2 rings (SSSR count). The molecule has 1 saturated carbocycles. The number of nitrogens with zero attached hydrogens (tertiary/aromatic N) is 1. The largest absolute Gasteiger partial charge is 0.464 e. The predicted molar refractivity (Wildman–Crippen MR) is 138 cm³/mol. The minimum absolute atomic E-state index is 0.0216. The number of carbonyl (C=O) groups is 4. The number of likely N-dealkylation sites (tertiary alicyclic amines) is 1. The van der Waals surface area contributed by atoms with Crippen molar-refractivity contribution in [3.05, 3.63) is 25.3 Å². The maximum Gasteiger partial charge on any atom is 0.408 e. The summed E-state index contributed by atoms with van der Waals surface area (Å²) in [5.74, 6) is -1.85. The van der Waals surface area contributed by atoms with Crippen molar-refractivity contribution in [3.63, 3.8) is 0 Å². The van der Waals surface area contributed by atoms with Crippen LogP contribution in [0.25, 0.3) is 0 Å². The molecule has 208 valence electrons. The van der Waals surface area contributed by atoms with Crippen molar-refractivity contribution in [1.82, 2.24) is 15.5 Å². The standard InChI is InChI=1S/C27H43N3O7/c1-7-10-11-12-13-14-20(28-25(35)37-26(4,5)6)23(33)30-17-19(31)15-21(30)22(32)29-27(16-18(27)8-2)24(34)36-9-3/h7-8,18-21,31H,1-2,9-17H2,3-6H3,(H,28,35)(H,29,32)/t18-,19-,20+,21+,27?/m1/s1. The first-order chi connectivity index (χ1) is 17.4. The zero-order valence-corrected chi connectivity index (χ0v) is 22.6. The van der Waals surface area contributed by atoms with Gasteiger partial charge in [-0.2, -0.15) is 0 Å². The lowest BCUT2D eigenvalue weighted by molar-refractivity contribution is -0.150. The molecule has 1 saturated heterocycles. The summed E-state index contributed by atoms with van der Waals surface area (Å²) in [7, 11) is 0. The Bertz CT molecular complexity index is 869. The van der Waals surface area contributed by atoms with Crippen LogP contribution in [0.5, 0.6) is 0 Å². The van der Waals surface area contributed by atoms with Gasteiger partial charge in [-0.05, 0) is 53.4 Å². The number of ether oxygens (including phenoxy) is 2. The van der Waals surface area contributed by atoms with Gasteiger partial charge in [0.25, 0.3) is 0 Å². The highest BCUT2D eigenvalue weighted by Crippen LogP contribution is 2.45. The molecule has 1 aliphatic carbocycles. The summed E-state index contributed by atoms with van der Waals surface area (Å²) < 4.78 is 10.5. The summed E-state index contributed by atoms with van der Waals surface area (Å²) >= 11 is 0. The van der Waals surface area contributed by atoms with Crippen LogP contribution in [0.4, 0.5) is 4.79 Å². The second-order valence-electron chi connectivity index (χ2n) is 10.7. The van der Waals surface area contributed by atoms with Crippen LogP contribution in [0.2, 0.25) is 0 Å².